The van der Waals surface area contributed by atoms with Crippen molar-refractivity contribution in [2.75, 3.05) is 25.0 Å². The SMILES string of the molecule is C[C@@H]1CCN(S(=O)(=O)c2ccccc2C#N)CC1N(C)c1ccnc2[nH]ccc12. The Morgan fingerprint density at radius 2 is 2.07 bits per heavy atom. The second kappa shape index (κ2) is 7.50. The number of nitriles is 1. The zero-order valence-electron chi connectivity index (χ0n) is 16.4. The zero-order valence-corrected chi connectivity index (χ0v) is 17.2. The maximum absolute atomic E-state index is 13.3. The molecule has 2 atom stereocenters. The van der Waals surface area contributed by atoms with Crippen molar-refractivity contribution in [3.63, 3.8) is 0 Å². The highest BCUT2D eigenvalue weighted by Crippen LogP contribution is 2.32. The van der Waals surface area contributed by atoms with Gasteiger partial charge >= 0.3 is 0 Å². The highest BCUT2D eigenvalue weighted by atomic mass is 32.2. The third-order valence-electron chi connectivity index (χ3n) is 5.82. The molecule has 1 aliphatic rings. The smallest absolute Gasteiger partial charge is 0.244 e. The molecule has 3 aromatic rings. The van der Waals surface area contributed by atoms with E-state index >= 15 is 0 Å². The number of benzene rings is 1. The Bertz CT molecular complexity index is 1180. The molecule has 1 unspecified atom stereocenters. The molecule has 0 radical (unpaired) electrons. The first-order valence-electron chi connectivity index (χ1n) is 9.57. The second-order valence-electron chi connectivity index (χ2n) is 7.49. The molecule has 29 heavy (non-hydrogen) atoms. The third kappa shape index (κ3) is 3.37. The van der Waals surface area contributed by atoms with E-state index in [9.17, 15) is 13.7 Å². The Labute approximate surface area is 170 Å². The number of piperidine rings is 1. The summed E-state index contributed by atoms with van der Waals surface area (Å²) in [5, 5.41) is 10.4. The van der Waals surface area contributed by atoms with Gasteiger partial charge in [0.25, 0.3) is 0 Å². The van der Waals surface area contributed by atoms with Gasteiger partial charge in [0.2, 0.25) is 10.0 Å². The number of nitrogens with zero attached hydrogens (tertiary/aromatic N) is 4. The van der Waals surface area contributed by atoms with E-state index in [0.29, 0.717) is 19.0 Å². The lowest BCUT2D eigenvalue weighted by molar-refractivity contribution is 0.248. The number of hydrogen-bond donors (Lipinski definition) is 1. The molecule has 3 heterocycles. The molecule has 8 heteroatoms. The maximum Gasteiger partial charge on any atom is 0.244 e. The van der Waals surface area contributed by atoms with Crippen LogP contribution in [0, 0.1) is 17.2 Å². The Hall–Kier alpha value is -2.89. The van der Waals surface area contributed by atoms with Crippen molar-refractivity contribution in [1.82, 2.24) is 14.3 Å². The number of likely N-dealkylation sites (N-methyl/N-ethyl adjacent to an activating group) is 1. The lowest BCUT2D eigenvalue weighted by Gasteiger charge is -2.42. The van der Waals surface area contributed by atoms with Crippen LogP contribution in [0.3, 0.4) is 0 Å². The number of rotatable bonds is 4. The Morgan fingerprint density at radius 3 is 2.86 bits per heavy atom. The summed E-state index contributed by atoms with van der Waals surface area (Å²) in [6, 6.07) is 12.3. The van der Waals surface area contributed by atoms with Gasteiger partial charge in [0.1, 0.15) is 11.7 Å². The van der Waals surface area contributed by atoms with Crippen LogP contribution in [0.1, 0.15) is 18.9 Å². The van der Waals surface area contributed by atoms with Crippen LogP contribution in [0.5, 0.6) is 0 Å². The fourth-order valence-electron chi connectivity index (χ4n) is 4.10. The minimum atomic E-state index is -3.74. The number of fused-ring (bicyclic) bond motifs is 1. The van der Waals surface area contributed by atoms with Gasteiger partial charge in [-0.15, -0.1) is 0 Å². The van der Waals surface area contributed by atoms with Gasteiger partial charge in [-0.1, -0.05) is 19.1 Å². The second-order valence-corrected chi connectivity index (χ2v) is 9.39. The molecule has 150 valence electrons. The third-order valence-corrected chi connectivity index (χ3v) is 7.74. The number of sulfonamides is 1. The van der Waals surface area contributed by atoms with Gasteiger partial charge in [-0.2, -0.15) is 9.57 Å². The molecule has 1 fully saturated rings. The topological polar surface area (TPSA) is 93.1 Å². The molecule has 1 aliphatic heterocycles. The Balaban J connectivity index is 1.66. The van der Waals surface area contributed by atoms with Crippen molar-refractivity contribution in [2.24, 2.45) is 5.92 Å². The van der Waals surface area contributed by atoms with Crippen LogP contribution < -0.4 is 4.90 Å². The summed E-state index contributed by atoms with van der Waals surface area (Å²) in [6.07, 6.45) is 4.37. The van der Waals surface area contributed by atoms with E-state index in [1.807, 2.05) is 31.4 Å². The molecular formula is C21H23N5O2S. The molecule has 4 rings (SSSR count). The molecule has 0 aliphatic carbocycles. The summed E-state index contributed by atoms with van der Waals surface area (Å²) >= 11 is 0. The fraction of sp³-hybridized carbons (Fsp3) is 0.333. The summed E-state index contributed by atoms with van der Waals surface area (Å²) in [6.45, 7) is 2.97. The number of pyridine rings is 1. The van der Waals surface area contributed by atoms with Gasteiger partial charge in [-0.3, -0.25) is 0 Å². The first-order valence-corrected chi connectivity index (χ1v) is 11.0. The normalized spacial score (nSPS) is 20.4. The van der Waals surface area contributed by atoms with Crippen LogP contribution in [-0.2, 0) is 10.0 Å². The number of anilines is 1. The van der Waals surface area contributed by atoms with Crippen LogP contribution in [-0.4, -0.2) is 48.9 Å². The molecule has 1 N–H and O–H groups in total. The number of aromatic amines is 1. The Morgan fingerprint density at radius 1 is 1.28 bits per heavy atom. The Kier molecular flexibility index (Phi) is 5.03. The van der Waals surface area contributed by atoms with E-state index < -0.39 is 10.0 Å². The van der Waals surface area contributed by atoms with E-state index in [0.717, 1.165) is 23.1 Å². The van der Waals surface area contributed by atoms with Crippen molar-refractivity contribution in [3.8, 4) is 6.07 Å². The predicted octanol–water partition coefficient (Wildman–Crippen LogP) is 2.97. The van der Waals surface area contributed by atoms with Crippen molar-refractivity contribution < 1.29 is 8.42 Å². The van der Waals surface area contributed by atoms with E-state index in [4.69, 9.17) is 0 Å². The van der Waals surface area contributed by atoms with E-state index in [-0.39, 0.29) is 16.5 Å². The summed E-state index contributed by atoms with van der Waals surface area (Å²) in [5.74, 6) is 0.319. The zero-order chi connectivity index (χ0) is 20.6. The van der Waals surface area contributed by atoms with Crippen LogP contribution in [0.2, 0.25) is 0 Å². The quantitative estimate of drug-likeness (QED) is 0.715. The number of aromatic nitrogens is 2. The van der Waals surface area contributed by atoms with Gasteiger partial charge in [0, 0.05) is 49.6 Å². The summed E-state index contributed by atoms with van der Waals surface area (Å²) in [5.41, 5.74) is 2.01. The van der Waals surface area contributed by atoms with Gasteiger partial charge < -0.3 is 9.88 Å². The molecule has 1 saturated heterocycles. The number of hydrogen-bond acceptors (Lipinski definition) is 5. The molecule has 0 amide bonds. The summed E-state index contributed by atoms with van der Waals surface area (Å²) in [4.78, 5) is 9.70. The predicted molar refractivity (Wildman–Crippen MR) is 112 cm³/mol. The lowest BCUT2D eigenvalue weighted by atomic mass is 9.93. The molecule has 1 aromatic carbocycles. The number of H-pyrrole nitrogens is 1. The first kappa shape index (κ1) is 19.4. The van der Waals surface area contributed by atoms with E-state index in [1.54, 1.807) is 24.4 Å². The van der Waals surface area contributed by atoms with Crippen LogP contribution in [0.4, 0.5) is 5.69 Å². The highest BCUT2D eigenvalue weighted by molar-refractivity contribution is 7.89. The molecule has 2 aromatic heterocycles. The maximum atomic E-state index is 13.3. The largest absolute Gasteiger partial charge is 0.369 e. The molecule has 0 spiro atoms. The van der Waals surface area contributed by atoms with Crippen molar-refractivity contribution in [3.05, 3.63) is 54.4 Å². The van der Waals surface area contributed by atoms with Gasteiger partial charge in [-0.25, -0.2) is 13.4 Å². The van der Waals surface area contributed by atoms with Gasteiger partial charge in [0.05, 0.1) is 10.5 Å². The highest BCUT2D eigenvalue weighted by Gasteiger charge is 2.37. The minimum absolute atomic E-state index is 0.00766. The van der Waals surface area contributed by atoms with Crippen LogP contribution >= 0.6 is 0 Å². The summed E-state index contributed by atoms with van der Waals surface area (Å²) in [7, 11) is -1.74. The number of nitrogens with one attached hydrogen (secondary N) is 1. The van der Waals surface area contributed by atoms with Gasteiger partial charge in [-0.05, 0) is 36.6 Å². The monoisotopic (exact) mass is 409 g/mol. The average molecular weight is 410 g/mol. The minimum Gasteiger partial charge on any atom is -0.369 e. The van der Waals surface area contributed by atoms with Crippen molar-refractivity contribution in [1.29, 1.82) is 5.26 Å². The molecular weight excluding hydrogens is 386 g/mol. The molecule has 0 saturated carbocycles. The van der Waals surface area contributed by atoms with Crippen LogP contribution in [0.25, 0.3) is 11.0 Å². The van der Waals surface area contributed by atoms with Crippen molar-refractivity contribution in [2.45, 2.75) is 24.3 Å². The summed E-state index contributed by atoms with van der Waals surface area (Å²) < 4.78 is 28.1. The average Bonchev–Trinajstić information content (AvgIpc) is 3.22. The fourth-order valence-corrected chi connectivity index (χ4v) is 5.71. The molecule has 0 bridgehead atoms. The standard InChI is InChI=1S/C21H23N5O2S/c1-15-9-12-26(29(27,28)20-6-4-3-5-16(20)13-22)14-19(15)25(2)18-8-11-24-21-17(18)7-10-23-21/h3-8,10-11,15,19H,9,12,14H2,1-2H3,(H,23,24)/t15-,19?/m1/s1. The first-order chi connectivity index (χ1) is 13.9. The van der Waals surface area contributed by atoms with E-state index in [2.05, 4.69) is 21.8 Å². The molecule has 7 nitrogen and oxygen atoms in total. The van der Waals surface area contributed by atoms with E-state index in [1.165, 1.54) is 10.4 Å². The van der Waals surface area contributed by atoms with Crippen molar-refractivity contribution >= 4 is 26.7 Å². The van der Waals surface area contributed by atoms with Crippen LogP contribution in [0.15, 0.2) is 53.7 Å². The van der Waals surface area contributed by atoms with Gasteiger partial charge in [0.15, 0.2) is 0 Å². The lowest BCUT2D eigenvalue weighted by Crippen LogP contribution is -2.52.